The molecule has 0 unspecified atom stereocenters. The van der Waals surface area contributed by atoms with Gasteiger partial charge in [0.25, 0.3) is 0 Å². The first-order valence-electron chi connectivity index (χ1n) is 4.72. The van der Waals surface area contributed by atoms with Gasteiger partial charge in [0, 0.05) is 12.4 Å². The Hall–Kier alpha value is -1.11. The summed E-state index contributed by atoms with van der Waals surface area (Å²) < 4.78 is 0. The first-order valence-corrected chi connectivity index (χ1v) is 4.72. The van der Waals surface area contributed by atoms with Gasteiger partial charge in [0.2, 0.25) is 0 Å². The van der Waals surface area contributed by atoms with Crippen LogP contribution < -0.4 is 0 Å². The number of aryl methyl sites for hydroxylation is 2. The van der Waals surface area contributed by atoms with Gasteiger partial charge in [-0.3, -0.25) is 4.98 Å². The molecule has 0 spiro atoms. The maximum absolute atomic E-state index is 4.10. The van der Waals surface area contributed by atoms with Crippen LogP contribution in [0.4, 0.5) is 0 Å². The van der Waals surface area contributed by atoms with E-state index in [2.05, 4.69) is 31.5 Å². The third-order valence-electron chi connectivity index (χ3n) is 1.47. The molecule has 0 radical (unpaired) electrons. The molecule has 0 aliphatic carbocycles. The van der Waals surface area contributed by atoms with Gasteiger partial charge in [-0.2, -0.15) is 0 Å². The van der Waals surface area contributed by atoms with Crippen LogP contribution in [0.25, 0.3) is 0 Å². The largest absolute Gasteiger partial charge is 0.264 e. The Morgan fingerprint density at radius 3 is 2.54 bits per heavy atom. The average Bonchev–Trinajstić information content (AvgIpc) is 2.06. The molecule has 1 aromatic rings. The highest BCUT2D eigenvalue weighted by Crippen LogP contribution is 2.03. The van der Waals surface area contributed by atoms with E-state index in [9.17, 15) is 0 Å². The van der Waals surface area contributed by atoms with Gasteiger partial charge in [0.1, 0.15) is 0 Å². The molecule has 0 amide bonds. The summed E-state index contributed by atoms with van der Waals surface area (Å²) in [5, 5.41) is 0. The van der Waals surface area contributed by atoms with Crippen LogP contribution in [0.5, 0.6) is 0 Å². The fourth-order valence-electron chi connectivity index (χ4n) is 1.04. The Morgan fingerprint density at radius 1 is 1.46 bits per heavy atom. The first kappa shape index (κ1) is 11.9. The molecule has 1 rings (SSSR count). The molecule has 0 saturated carbocycles. The minimum Gasteiger partial charge on any atom is -0.264 e. The van der Waals surface area contributed by atoms with E-state index < -0.39 is 0 Å². The summed E-state index contributed by atoms with van der Waals surface area (Å²) in [4.78, 5) is 4.10. The van der Waals surface area contributed by atoms with Crippen molar-refractivity contribution in [3.63, 3.8) is 0 Å². The molecule has 1 heterocycles. The highest BCUT2D eigenvalue weighted by Gasteiger charge is 1.90. The van der Waals surface area contributed by atoms with Crippen LogP contribution in [0.3, 0.4) is 0 Å². The summed E-state index contributed by atoms with van der Waals surface area (Å²) in [5.41, 5.74) is 2.61. The maximum Gasteiger partial charge on any atom is 0.0300 e. The quantitative estimate of drug-likeness (QED) is 0.630. The zero-order valence-corrected chi connectivity index (χ0v) is 8.88. The van der Waals surface area contributed by atoms with E-state index in [-0.39, 0.29) is 0 Å². The van der Waals surface area contributed by atoms with E-state index in [0.717, 1.165) is 6.42 Å². The molecular weight excluding hydrogens is 158 g/mol. The van der Waals surface area contributed by atoms with Crippen molar-refractivity contribution in [1.82, 2.24) is 4.98 Å². The third-order valence-corrected chi connectivity index (χ3v) is 1.47. The van der Waals surface area contributed by atoms with Gasteiger partial charge in [-0.1, -0.05) is 25.5 Å². The molecule has 72 valence electrons. The molecule has 0 N–H and O–H groups in total. The fraction of sp³-hybridized carbons (Fsp3) is 0.417. The van der Waals surface area contributed by atoms with Crippen molar-refractivity contribution in [1.29, 1.82) is 0 Å². The Kier molecular flexibility index (Phi) is 6.89. The zero-order chi connectivity index (χ0) is 10.1. The SMILES string of the molecule is C=CC.CCCc1cncc(C)c1. The molecule has 1 nitrogen and oxygen atoms in total. The minimum atomic E-state index is 1.15. The standard InChI is InChI=1S/C9H13N.C3H6/c1-3-4-9-5-8(2)6-10-7-9;1-3-2/h5-7H,3-4H2,1-2H3;3H,1H2,2H3. The fourth-order valence-corrected chi connectivity index (χ4v) is 1.04. The van der Waals surface area contributed by atoms with Crippen LogP contribution >= 0.6 is 0 Å². The lowest BCUT2D eigenvalue weighted by Gasteiger charge is -1.97. The maximum atomic E-state index is 4.10. The van der Waals surface area contributed by atoms with Gasteiger partial charge in [0.05, 0.1) is 0 Å². The van der Waals surface area contributed by atoms with Crippen molar-refractivity contribution >= 4 is 0 Å². The van der Waals surface area contributed by atoms with E-state index in [1.807, 2.05) is 19.3 Å². The Balaban J connectivity index is 0.000000424. The van der Waals surface area contributed by atoms with Crippen LogP contribution in [-0.4, -0.2) is 4.98 Å². The van der Waals surface area contributed by atoms with Crippen molar-refractivity contribution < 1.29 is 0 Å². The molecule has 0 saturated heterocycles. The van der Waals surface area contributed by atoms with E-state index in [4.69, 9.17) is 0 Å². The Morgan fingerprint density at radius 2 is 2.08 bits per heavy atom. The molecule has 0 fully saturated rings. The summed E-state index contributed by atoms with van der Waals surface area (Å²) >= 11 is 0. The Labute approximate surface area is 81.5 Å². The summed E-state index contributed by atoms with van der Waals surface area (Å²) in [6.07, 6.45) is 7.93. The van der Waals surface area contributed by atoms with Gasteiger partial charge in [-0.05, 0) is 31.4 Å². The predicted molar refractivity (Wildman–Crippen MR) is 58.8 cm³/mol. The van der Waals surface area contributed by atoms with Crippen molar-refractivity contribution in [3.05, 3.63) is 42.2 Å². The number of hydrogen-bond acceptors (Lipinski definition) is 1. The van der Waals surface area contributed by atoms with Crippen molar-refractivity contribution in [3.8, 4) is 0 Å². The second kappa shape index (κ2) is 7.53. The van der Waals surface area contributed by atoms with Gasteiger partial charge >= 0.3 is 0 Å². The van der Waals surface area contributed by atoms with E-state index >= 15 is 0 Å². The van der Waals surface area contributed by atoms with Crippen LogP contribution in [0, 0.1) is 6.92 Å². The molecule has 0 aromatic carbocycles. The van der Waals surface area contributed by atoms with Crippen LogP contribution in [0.1, 0.15) is 31.4 Å². The second-order valence-corrected chi connectivity index (χ2v) is 3.03. The summed E-state index contributed by atoms with van der Waals surface area (Å²) in [6, 6.07) is 2.19. The Bertz CT molecular complexity index is 241. The average molecular weight is 177 g/mol. The van der Waals surface area contributed by atoms with Crippen molar-refractivity contribution in [2.24, 2.45) is 0 Å². The highest BCUT2D eigenvalue weighted by atomic mass is 14.6. The number of aromatic nitrogens is 1. The van der Waals surface area contributed by atoms with Gasteiger partial charge in [0.15, 0.2) is 0 Å². The monoisotopic (exact) mass is 177 g/mol. The first-order chi connectivity index (χ1) is 6.24. The smallest absolute Gasteiger partial charge is 0.0300 e. The van der Waals surface area contributed by atoms with Crippen LogP contribution in [0.15, 0.2) is 31.1 Å². The number of allylic oxidation sites excluding steroid dienone is 1. The third kappa shape index (κ3) is 6.09. The number of nitrogens with zero attached hydrogens (tertiary/aromatic N) is 1. The minimum absolute atomic E-state index is 1.15. The number of pyridine rings is 1. The van der Waals surface area contributed by atoms with Crippen LogP contribution in [0.2, 0.25) is 0 Å². The van der Waals surface area contributed by atoms with Gasteiger partial charge in [-0.15, -0.1) is 6.58 Å². The molecule has 0 aliphatic rings. The summed E-state index contributed by atoms with van der Waals surface area (Å²) in [5.74, 6) is 0. The van der Waals surface area contributed by atoms with E-state index in [0.29, 0.717) is 0 Å². The lowest BCUT2D eigenvalue weighted by atomic mass is 10.1. The summed E-state index contributed by atoms with van der Waals surface area (Å²) in [7, 11) is 0. The predicted octanol–water partition coefficient (Wildman–Crippen LogP) is 3.53. The second-order valence-electron chi connectivity index (χ2n) is 3.03. The van der Waals surface area contributed by atoms with E-state index in [1.54, 1.807) is 6.08 Å². The molecular formula is C12H19N. The molecule has 1 heteroatoms. The van der Waals surface area contributed by atoms with Gasteiger partial charge < -0.3 is 0 Å². The topological polar surface area (TPSA) is 12.9 Å². The molecule has 13 heavy (non-hydrogen) atoms. The highest BCUT2D eigenvalue weighted by molar-refractivity contribution is 5.16. The molecule has 0 atom stereocenters. The van der Waals surface area contributed by atoms with Gasteiger partial charge in [-0.25, -0.2) is 0 Å². The zero-order valence-electron chi connectivity index (χ0n) is 8.88. The number of rotatable bonds is 2. The normalized spacial score (nSPS) is 8.54. The molecule has 0 aliphatic heterocycles. The molecule has 0 bridgehead atoms. The molecule has 1 aromatic heterocycles. The van der Waals surface area contributed by atoms with Crippen LogP contribution in [-0.2, 0) is 6.42 Å². The van der Waals surface area contributed by atoms with Crippen molar-refractivity contribution in [2.75, 3.05) is 0 Å². The lowest BCUT2D eigenvalue weighted by Crippen LogP contribution is -1.85. The van der Waals surface area contributed by atoms with Crippen molar-refractivity contribution in [2.45, 2.75) is 33.6 Å². The summed E-state index contributed by atoms with van der Waals surface area (Å²) in [6.45, 7) is 9.51. The lowest BCUT2D eigenvalue weighted by molar-refractivity contribution is 0.911. The number of hydrogen-bond donors (Lipinski definition) is 0. The van der Waals surface area contributed by atoms with E-state index in [1.165, 1.54) is 17.5 Å².